The molecule has 0 aliphatic carbocycles. The molecule has 6 nitrogen and oxygen atoms in total. The second-order valence-corrected chi connectivity index (χ2v) is 7.39. The van der Waals surface area contributed by atoms with Gasteiger partial charge in [-0.3, -0.25) is 4.79 Å². The largest absolute Gasteiger partial charge is 0.354 e. The van der Waals surface area contributed by atoms with Gasteiger partial charge in [-0.2, -0.15) is 5.10 Å². The maximum Gasteiger partial charge on any atom is 0.224 e. The molecule has 1 N–H and O–H groups in total. The average molecular weight is 381 g/mol. The summed E-state index contributed by atoms with van der Waals surface area (Å²) in [6.07, 6.45) is 3.03. The maximum atomic E-state index is 13.2. The van der Waals surface area contributed by atoms with Crippen molar-refractivity contribution in [2.24, 2.45) is 0 Å². The topological polar surface area (TPSA) is 63.1 Å². The van der Waals surface area contributed by atoms with Crippen LogP contribution in [0.1, 0.15) is 23.6 Å². The number of nitrogens with zero attached hydrogens (tertiary/aromatic N) is 4. The number of fused-ring (bicyclic) bond motifs is 1. The van der Waals surface area contributed by atoms with Crippen molar-refractivity contribution in [3.05, 3.63) is 59.7 Å². The third kappa shape index (κ3) is 4.04. The molecule has 0 spiro atoms. The quantitative estimate of drug-likeness (QED) is 0.712. The first kappa shape index (κ1) is 18.6. The second kappa shape index (κ2) is 8.06. The molecule has 3 aromatic rings. The van der Waals surface area contributed by atoms with E-state index in [1.807, 2.05) is 10.7 Å². The molecular formula is C21H24FN5O. The molecule has 1 atom stereocenters. The first-order valence-corrected chi connectivity index (χ1v) is 9.61. The minimum atomic E-state index is -0.329. The smallest absolute Gasteiger partial charge is 0.224 e. The van der Waals surface area contributed by atoms with E-state index in [4.69, 9.17) is 5.10 Å². The number of hydrogen-bond donors (Lipinski definition) is 1. The molecule has 1 aromatic carbocycles. The summed E-state index contributed by atoms with van der Waals surface area (Å²) in [5.41, 5.74) is 2.61. The number of likely N-dealkylation sites (tertiary alicyclic amines) is 1. The fourth-order valence-electron chi connectivity index (χ4n) is 3.85. The van der Waals surface area contributed by atoms with Crippen LogP contribution < -0.4 is 5.32 Å². The van der Waals surface area contributed by atoms with Crippen molar-refractivity contribution < 1.29 is 9.18 Å². The van der Waals surface area contributed by atoms with Crippen LogP contribution in [-0.2, 0) is 17.8 Å². The highest BCUT2D eigenvalue weighted by Crippen LogP contribution is 2.30. The van der Waals surface area contributed by atoms with Crippen LogP contribution in [-0.4, -0.2) is 52.3 Å². The van der Waals surface area contributed by atoms with Gasteiger partial charge in [-0.1, -0.05) is 12.1 Å². The molecule has 4 rings (SSSR count). The van der Waals surface area contributed by atoms with Gasteiger partial charge in [0.25, 0.3) is 0 Å². The molecule has 0 saturated carbocycles. The van der Waals surface area contributed by atoms with Gasteiger partial charge in [-0.25, -0.2) is 14.1 Å². The number of benzene rings is 1. The molecule has 1 saturated heterocycles. The Balaban J connectivity index is 1.41. The van der Waals surface area contributed by atoms with Gasteiger partial charge < -0.3 is 10.2 Å². The summed E-state index contributed by atoms with van der Waals surface area (Å²) < 4.78 is 15.1. The fraction of sp³-hybridized carbons (Fsp3) is 0.381. The normalized spacial score (nSPS) is 17.3. The Bertz CT molecular complexity index is 986. The minimum absolute atomic E-state index is 0.132. The van der Waals surface area contributed by atoms with E-state index in [-0.39, 0.29) is 18.1 Å². The van der Waals surface area contributed by atoms with Gasteiger partial charge in [0.05, 0.1) is 18.7 Å². The summed E-state index contributed by atoms with van der Waals surface area (Å²) in [5.74, 6) is -0.0438. The van der Waals surface area contributed by atoms with Crippen LogP contribution in [0.5, 0.6) is 0 Å². The van der Waals surface area contributed by atoms with Crippen LogP contribution in [0.2, 0.25) is 0 Å². The first-order chi connectivity index (χ1) is 13.6. The monoisotopic (exact) mass is 381 g/mol. The Morgan fingerprint density at radius 3 is 3.00 bits per heavy atom. The van der Waals surface area contributed by atoms with E-state index in [1.54, 1.807) is 18.3 Å². The standard InChI is InChI=1S/C21H24FN5O/c1-26-10-7-16(14-26)20-18-6-3-8-24-21(18)27(25-20)11-9-23-19(28)13-15-4-2-5-17(22)12-15/h2-6,8,12,16H,7,9-11,13-14H2,1H3,(H,23,28). The molecule has 28 heavy (non-hydrogen) atoms. The van der Waals surface area contributed by atoms with Crippen molar-refractivity contribution in [1.29, 1.82) is 0 Å². The number of carbonyl (C=O) groups excluding carboxylic acids is 1. The van der Waals surface area contributed by atoms with E-state index in [1.165, 1.54) is 12.1 Å². The fourth-order valence-corrected chi connectivity index (χ4v) is 3.85. The third-order valence-corrected chi connectivity index (χ3v) is 5.21. The van der Waals surface area contributed by atoms with Gasteiger partial charge in [0, 0.05) is 30.6 Å². The Hall–Kier alpha value is -2.80. The zero-order valence-corrected chi connectivity index (χ0v) is 15.9. The van der Waals surface area contributed by atoms with Crippen molar-refractivity contribution in [3.8, 4) is 0 Å². The van der Waals surface area contributed by atoms with E-state index in [0.29, 0.717) is 24.6 Å². The minimum Gasteiger partial charge on any atom is -0.354 e. The number of halogens is 1. The second-order valence-electron chi connectivity index (χ2n) is 7.39. The summed E-state index contributed by atoms with van der Waals surface area (Å²) in [4.78, 5) is 19.0. The summed E-state index contributed by atoms with van der Waals surface area (Å²) >= 11 is 0. The molecule has 1 aliphatic heterocycles. The lowest BCUT2D eigenvalue weighted by Crippen LogP contribution is -2.29. The van der Waals surface area contributed by atoms with Crippen LogP contribution in [0.3, 0.4) is 0 Å². The van der Waals surface area contributed by atoms with E-state index in [0.717, 1.165) is 36.2 Å². The molecule has 2 aromatic heterocycles. The zero-order chi connectivity index (χ0) is 19.5. The summed E-state index contributed by atoms with van der Waals surface area (Å²) in [6, 6.07) is 10.1. The van der Waals surface area contributed by atoms with Crippen molar-refractivity contribution in [1.82, 2.24) is 25.0 Å². The number of aromatic nitrogens is 3. The van der Waals surface area contributed by atoms with Crippen molar-refractivity contribution in [2.45, 2.75) is 25.3 Å². The molecule has 0 radical (unpaired) electrons. The van der Waals surface area contributed by atoms with E-state index < -0.39 is 0 Å². The van der Waals surface area contributed by atoms with Crippen LogP contribution in [0.25, 0.3) is 11.0 Å². The molecular weight excluding hydrogens is 357 g/mol. The van der Waals surface area contributed by atoms with Gasteiger partial charge in [-0.05, 0) is 49.8 Å². The lowest BCUT2D eigenvalue weighted by Gasteiger charge is -2.08. The number of likely N-dealkylation sites (N-methyl/N-ethyl adjacent to an activating group) is 1. The molecule has 7 heteroatoms. The molecule has 1 aliphatic rings. The molecule has 0 bridgehead atoms. The van der Waals surface area contributed by atoms with Gasteiger partial charge in [-0.15, -0.1) is 0 Å². The van der Waals surface area contributed by atoms with Crippen molar-refractivity contribution in [2.75, 3.05) is 26.7 Å². The molecule has 1 fully saturated rings. The van der Waals surface area contributed by atoms with E-state index in [2.05, 4.69) is 28.3 Å². The van der Waals surface area contributed by atoms with E-state index >= 15 is 0 Å². The van der Waals surface area contributed by atoms with Crippen LogP contribution in [0.15, 0.2) is 42.6 Å². The van der Waals surface area contributed by atoms with Crippen LogP contribution >= 0.6 is 0 Å². The molecule has 146 valence electrons. The SMILES string of the molecule is CN1CCC(c2nn(CCNC(=O)Cc3cccc(F)c3)c3ncccc23)C1. The highest BCUT2D eigenvalue weighted by molar-refractivity contribution is 5.79. The van der Waals surface area contributed by atoms with Gasteiger partial charge in [0.2, 0.25) is 5.91 Å². The van der Waals surface area contributed by atoms with Crippen molar-refractivity contribution >= 4 is 16.9 Å². The summed E-state index contributed by atoms with van der Waals surface area (Å²) in [6.45, 7) is 3.08. The number of hydrogen-bond acceptors (Lipinski definition) is 4. The number of pyridine rings is 1. The van der Waals surface area contributed by atoms with Crippen molar-refractivity contribution in [3.63, 3.8) is 0 Å². The Labute approximate surface area is 163 Å². The summed E-state index contributed by atoms with van der Waals surface area (Å²) in [5, 5.41) is 8.81. The Morgan fingerprint density at radius 1 is 1.32 bits per heavy atom. The molecule has 3 heterocycles. The van der Waals surface area contributed by atoms with Gasteiger partial charge in [0.15, 0.2) is 5.65 Å². The highest BCUT2D eigenvalue weighted by Gasteiger charge is 2.26. The Morgan fingerprint density at radius 2 is 2.21 bits per heavy atom. The third-order valence-electron chi connectivity index (χ3n) is 5.21. The first-order valence-electron chi connectivity index (χ1n) is 9.61. The lowest BCUT2D eigenvalue weighted by molar-refractivity contribution is -0.120. The van der Waals surface area contributed by atoms with Gasteiger partial charge >= 0.3 is 0 Å². The highest BCUT2D eigenvalue weighted by atomic mass is 19.1. The van der Waals surface area contributed by atoms with Gasteiger partial charge in [0.1, 0.15) is 5.82 Å². The number of carbonyl (C=O) groups is 1. The lowest BCUT2D eigenvalue weighted by atomic mass is 10.0. The number of amides is 1. The predicted octanol–water partition coefficient (Wildman–Crippen LogP) is 2.35. The Kier molecular flexibility index (Phi) is 5.34. The zero-order valence-electron chi connectivity index (χ0n) is 15.9. The number of nitrogens with one attached hydrogen (secondary N) is 1. The predicted molar refractivity (Wildman–Crippen MR) is 105 cm³/mol. The van der Waals surface area contributed by atoms with Crippen LogP contribution in [0, 0.1) is 5.82 Å². The maximum absolute atomic E-state index is 13.2. The van der Waals surface area contributed by atoms with Crippen LogP contribution in [0.4, 0.5) is 4.39 Å². The molecule has 1 amide bonds. The molecule has 1 unspecified atom stereocenters. The number of rotatable bonds is 6. The van der Waals surface area contributed by atoms with E-state index in [9.17, 15) is 9.18 Å². The summed E-state index contributed by atoms with van der Waals surface area (Å²) in [7, 11) is 2.13. The average Bonchev–Trinajstić information content (AvgIpc) is 3.26.